The molecule has 7 heteroatoms. The van der Waals surface area contributed by atoms with Crippen molar-refractivity contribution < 1.29 is 4.79 Å². The molecule has 0 bridgehead atoms. The maximum Gasteiger partial charge on any atom is 0.225 e. The van der Waals surface area contributed by atoms with E-state index in [-0.39, 0.29) is 0 Å². The molecule has 0 aliphatic heterocycles. The zero-order chi connectivity index (χ0) is 12.3. The van der Waals surface area contributed by atoms with Gasteiger partial charge in [-0.05, 0) is 29.7 Å². The van der Waals surface area contributed by atoms with E-state index >= 15 is 0 Å². The fourth-order valence-corrected chi connectivity index (χ4v) is 2.38. The van der Waals surface area contributed by atoms with Crippen LogP contribution in [0.5, 0.6) is 0 Å². The van der Waals surface area contributed by atoms with Gasteiger partial charge in [0.05, 0.1) is 10.7 Å². The summed E-state index contributed by atoms with van der Waals surface area (Å²) in [6.07, 6.45) is 0.550. The van der Waals surface area contributed by atoms with Crippen molar-refractivity contribution in [1.29, 1.82) is 0 Å². The Morgan fingerprint density at radius 3 is 2.82 bits per heavy atom. The SMILES string of the molecule is O=CNNc1cc(-c2ccc(Cl)cc2Cl)ns1. The molecule has 0 aliphatic carbocycles. The largest absolute Gasteiger partial charge is 0.288 e. The van der Waals surface area contributed by atoms with Crippen LogP contribution < -0.4 is 10.9 Å². The van der Waals surface area contributed by atoms with Crippen LogP contribution in [0.2, 0.25) is 10.0 Å². The Labute approximate surface area is 112 Å². The Kier molecular flexibility index (Phi) is 3.83. The summed E-state index contributed by atoms with van der Waals surface area (Å²) in [6, 6.07) is 7.00. The maximum atomic E-state index is 10.1. The molecular formula is C10H7Cl2N3OS. The van der Waals surface area contributed by atoms with Gasteiger partial charge in [0.1, 0.15) is 5.00 Å². The number of halogens is 2. The Morgan fingerprint density at radius 2 is 2.12 bits per heavy atom. The first kappa shape index (κ1) is 12.2. The molecule has 2 rings (SSSR count). The van der Waals surface area contributed by atoms with Gasteiger partial charge in [0.15, 0.2) is 0 Å². The third-order valence-electron chi connectivity index (χ3n) is 1.97. The molecule has 0 fully saturated rings. The second-order valence-corrected chi connectivity index (χ2v) is 4.74. The van der Waals surface area contributed by atoms with Crippen LogP contribution in [0.3, 0.4) is 0 Å². The summed E-state index contributed by atoms with van der Waals surface area (Å²) in [5.41, 5.74) is 6.55. The van der Waals surface area contributed by atoms with Crippen LogP contribution in [-0.2, 0) is 4.79 Å². The first-order chi connectivity index (χ1) is 8.20. The summed E-state index contributed by atoms with van der Waals surface area (Å²) < 4.78 is 4.23. The summed E-state index contributed by atoms with van der Waals surface area (Å²) >= 11 is 13.1. The minimum absolute atomic E-state index is 0.540. The number of rotatable bonds is 4. The van der Waals surface area contributed by atoms with E-state index < -0.39 is 0 Å². The number of nitrogens with zero attached hydrogens (tertiary/aromatic N) is 1. The molecule has 1 aromatic heterocycles. The quantitative estimate of drug-likeness (QED) is 0.671. The molecule has 0 unspecified atom stereocenters. The van der Waals surface area contributed by atoms with Crippen LogP contribution in [0.25, 0.3) is 11.3 Å². The number of hydrogen-bond acceptors (Lipinski definition) is 4. The van der Waals surface area contributed by atoms with E-state index in [2.05, 4.69) is 15.2 Å². The van der Waals surface area contributed by atoms with E-state index in [4.69, 9.17) is 23.2 Å². The Bertz CT molecular complexity index is 544. The van der Waals surface area contributed by atoms with Crippen LogP contribution in [0, 0.1) is 0 Å². The summed E-state index contributed by atoms with van der Waals surface area (Å²) in [4.78, 5) is 10.1. The Morgan fingerprint density at radius 1 is 1.29 bits per heavy atom. The molecule has 17 heavy (non-hydrogen) atoms. The number of benzene rings is 1. The van der Waals surface area contributed by atoms with Gasteiger partial charge in [-0.15, -0.1) is 0 Å². The molecule has 1 heterocycles. The number of anilines is 1. The molecule has 1 amide bonds. The van der Waals surface area contributed by atoms with Crippen LogP contribution in [0.1, 0.15) is 0 Å². The molecular weight excluding hydrogens is 281 g/mol. The van der Waals surface area contributed by atoms with Crippen molar-refractivity contribution >= 4 is 46.1 Å². The van der Waals surface area contributed by atoms with Crippen molar-refractivity contribution in [2.75, 3.05) is 5.43 Å². The number of hydrazine groups is 1. The molecule has 1 aromatic carbocycles. The topological polar surface area (TPSA) is 54.0 Å². The highest BCUT2D eigenvalue weighted by molar-refractivity contribution is 7.10. The molecule has 2 N–H and O–H groups in total. The molecule has 0 radical (unpaired) electrons. The smallest absolute Gasteiger partial charge is 0.225 e. The average molecular weight is 288 g/mol. The van der Waals surface area contributed by atoms with Crippen molar-refractivity contribution in [2.24, 2.45) is 0 Å². The molecule has 0 aliphatic rings. The summed E-state index contributed by atoms with van der Waals surface area (Å²) in [5.74, 6) is 0. The van der Waals surface area contributed by atoms with E-state index in [9.17, 15) is 4.79 Å². The predicted octanol–water partition coefficient (Wildman–Crippen LogP) is 3.19. The number of carbonyl (C=O) groups is 1. The van der Waals surface area contributed by atoms with E-state index in [1.165, 1.54) is 11.5 Å². The van der Waals surface area contributed by atoms with Gasteiger partial charge in [-0.3, -0.25) is 15.6 Å². The normalized spacial score (nSPS) is 10.0. The highest BCUT2D eigenvalue weighted by Gasteiger charge is 2.08. The van der Waals surface area contributed by atoms with Gasteiger partial charge in [-0.2, -0.15) is 4.37 Å². The van der Waals surface area contributed by atoms with Gasteiger partial charge in [0.2, 0.25) is 6.41 Å². The van der Waals surface area contributed by atoms with Crippen molar-refractivity contribution in [2.45, 2.75) is 0 Å². The lowest BCUT2D eigenvalue weighted by Gasteiger charge is -2.00. The fraction of sp³-hybridized carbons (Fsp3) is 0. The molecule has 4 nitrogen and oxygen atoms in total. The first-order valence-electron chi connectivity index (χ1n) is 4.58. The second-order valence-electron chi connectivity index (χ2n) is 3.09. The lowest BCUT2D eigenvalue weighted by atomic mass is 10.1. The van der Waals surface area contributed by atoms with Crippen molar-refractivity contribution in [1.82, 2.24) is 9.80 Å². The molecule has 0 atom stereocenters. The molecule has 0 saturated carbocycles. The van der Waals surface area contributed by atoms with E-state index in [0.717, 1.165) is 16.3 Å². The summed E-state index contributed by atoms with van der Waals surface area (Å²) in [6.45, 7) is 0. The van der Waals surface area contributed by atoms with Gasteiger partial charge >= 0.3 is 0 Å². The minimum Gasteiger partial charge on any atom is -0.288 e. The Hall–Kier alpha value is -1.30. The average Bonchev–Trinajstić information content (AvgIpc) is 2.75. The molecule has 88 valence electrons. The Balaban J connectivity index is 2.27. The molecule has 2 aromatic rings. The number of carbonyl (C=O) groups excluding carboxylic acids is 1. The summed E-state index contributed by atoms with van der Waals surface area (Å²) in [5, 5.41) is 1.84. The minimum atomic E-state index is 0.540. The monoisotopic (exact) mass is 287 g/mol. The van der Waals surface area contributed by atoms with Crippen LogP contribution in [0.15, 0.2) is 24.3 Å². The van der Waals surface area contributed by atoms with E-state index in [1.807, 2.05) is 0 Å². The van der Waals surface area contributed by atoms with Gasteiger partial charge in [0.25, 0.3) is 0 Å². The number of hydrogen-bond donors (Lipinski definition) is 2. The lowest BCUT2D eigenvalue weighted by Crippen LogP contribution is -2.17. The zero-order valence-corrected chi connectivity index (χ0v) is 10.7. The highest BCUT2D eigenvalue weighted by atomic mass is 35.5. The van der Waals surface area contributed by atoms with Gasteiger partial charge in [-0.1, -0.05) is 23.2 Å². The fourth-order valence-electron chi connectivity index (χ4n) is 1.26. The predicted molar refractivity (Wildman–Crippen MR) is 70.4 cm³/mol. The first-order valence-corrected chi connectivity index (χ1v) is 6.11. The van der Waals surface area contributed by atoms with Crippen LogP contribution >= 0.6 is 34.7 Å². The van der Waals surface area contributed by atoms with Gasteiger partial charge in [0, 0.05) is 16.7 Å². The lowest BCUT2D eigenvalue weighted by molar-refractivity contribution is -0.109. The van der Waals surface area contributed by atoms with Crippen molar-refractivity contribution in [3.8, 4) is 11.3 Å². The van der Waals surface area contributed by atoms with Crippen molar-refractivity contribution in [3.05, 3.63) is 34.3 Å². The van der Waals surface area contributed by atoms with E-state index in [1.54, 1.807) is 24.3 Å². The third kappa shape index (κ3) is 2.88. The van der Waals surface area contributed by atoms with Gasteiger partial charge in [-0.25, -0.2) is 0 Å². The van der Waals surface area contributed by atoms with Crippen LogP contribution in [-0.4, -0.2) is 10.8 Å². The molecule has 0 saturated heterocycles. The number of aromatic nitrogens is 1. The second kappa shape index (κ2) is 5.35. The molecule has 0 spiro atoms. The standard InChI is InChI=1S/C10H7Cl2N3OS/c11-6-1-2-7(8(12)3-6)9-4-10(17-15-9)14-13-5-16/h1-5,14H,(H,13,16). The van der Waals surface area contributed by atoms with Crippen LogP contribution in [0.4, 0.5) is 5.00 Å². The van der Waals surface area contributed by atoms with Crippen molar-refractivity contribution in [3.63, 3.8) is 0 Å². The van der Waals surface area contributed by atoms with E-state index in [0.29, 0.717) is 16.5 Å². The number of amides is 1. The summed E-state index contributed by atoms with van der Waals surface area (Å²) in [7, 11) is 0. The third-order valence-corrected chi connectivity index (χ3v) is 3.22. The number of nitrogens with one attached hydrogen (secondary N) is 2. The van der Waals surface area contributed by atoms with Gasteiger partial charge < -0.3 is 0 Å². The maximum absolute atomic E-state index is 10.1. The zero-order valence-electron chi connectivity index (χ0n) is 8.41. The highest BCUT2D eigenvalue weighted by Crippen LogP contribution is 2.32.